The Kier molecular flexibility index (Phi) is 7.73. The molecule has 1 N–H and O–H groups in total. The van der Waals surface area contributed by atoms with Crippen molar-refractivity contribution in [2.45, 2.75) is 6.92 Å². The maximum Gasteiger partial charge on any atom is 0.275 e. The maximum absolute atomic E-state index is 12.7. The fourth-order valence-corrected chi connectivity index (χ4v) is 3.75. The molecule has 0 atom stereocenters. The second kappa shape index (κ2) is 10.7. The van der Waals surface area contributed by atoms with Gasteiger partial charge in [0.2, 0.25) is 0 Å². The van der Waals surface area contributed by atoms with Crippen LogP contribution in [0.3, 0.4) is 0 Å². The van der Waals surface area contributed by atoms with E-state index >= 15 is 0 Å². The van der Waals surface area contributed by atoms with E-state index in [-0.39, 0.29) is 12.5 Å². The lowest BCUT2D eigenvalue weighted by atomic mass is 10.1. The van der Waals surface area contributed by atoms with Crippen molar-refractivity contribution in [3.63, 3.8) is 0 Å². The molecule has 0 spiro atoms. The van der Waals surface area contributed by atoms with Gasteiger partial charge in [-0.2, -0.15) is 5.10 Å². The number of methoxy groups -OCH3 is 1. The summed E-state index contributed by atoms with van der Waals surface area (Å²) in [6, 6.07) is 15.0. The molecule has 0 aromatic heterocycles. The Hall–Kier alpha value is -3.25. The highest BCUT2D eigenvalue weighted by molar-refractivity contribution is 14.1. The van der Waals surface area contributed by atoms with Crippen LogP contribution in [0.4, 0.5) is 0 Å². The summed E-state index contributed by atoms with van der Waals surface area (Å²) >= 11 is 2.14. The summed E-state index contributed by atoms with van der Waals surface area (Å²) in [4.78, 5) is 12.7. The first-order valence-electron chi connectivity index (χ1n) is 9.50. The molecule has 0 bridgehead atoms. The van der Waals surface area contributed by atoms with Gasteiger partial charge in [-0.25, -0.2) is 5.43 Å². The lowest BCUT2D eigenvalue weighted by Crippen LogP contribution is -2.18. The highest BCUT2D eigenvalue weighted by Gasteiger charge is 2.14. The molecule has 1 amide bonds. The first-order valence-corrected chi connectivity index (χ1v) is 10.6. The molecule has 3 rings (SSSR count). The Morgan fingerprint density at radius 3 is 2.58 bits per heavy atom. The van der Waals surface area contributed by atoms with E-state index in [1.807, 2.05) is 43.3 Å². The molecule has 0 aliphatic rings. The van der Waals surface area contributed by atoms with Crippen molar-refractivity contribution in [3.8, 4) is 29.6 Å². The van der Waals surface area contributed by atoms with Crippen molar-refractivity contribution >= 4 is 45.5 Å². The second-order valence-corrected chi connectivity index (χ2v) is 7.52. The van der Waals surface area contributed by atoms with Crippen LogP contribution in [0.15, 0.2) is 53.6 Å². The average molecular weight is 528 g/mol. The minimum atomic E-state index is -0.368. The number of hydrogen-bond acceptors (Lipinski definition) is 5. The number of carbonyl (C=O) groups excluding carboxylic acids is 1. The van der Waals surface area contributed by atoms with Crippen molar-refractivity contribution in [2.75, 3.05) is 20.3 Å². The Morgan fingerprint density at radius 2 is 1.90 bits per heavy atom. The largest absolute Gasteiger partial charge is 0.496 e. The van der Waals surface area contributed by atoms with Gasteiger partial charge in [0.05, 0.1) is 29.1 Å². The number of terminal acetylenes is 1. The first-order chi connectivity index (χ1) is 15.1. The third kappa shape index (κ3) is 5.47. The van der Waals surface area contributed by atoms with Gasteiger partial charge in [0.25, 0.3) is 5.91 Å². The summed E-state index contributed by atoms with van der Waals surface area (Å²) in [6.45, 7) is 2.50. The van der Waals surface area contributed by atoms with Gasteiger partial charge in [-0.3, -0.25) is 4.79 Å². The van der Waals surface area contributed by atoms with E-state index in [1.54, 1.807) is 18.3 Å². The molecule has 0 heterocycles. The van der Waals surface area contributed by atoms with Crippen molar-refractivity contribution in [2.24, 2.45) is 5.10 Å². The van der Waals surface area contributed by atoms with Crippen LogP contribution >= 0.6 is 22.6 Å². The lowest BCUT2D eigenvalue weighted by molar-refractivity contribution is 0.0952. The Balaban J connectivity index is 1.81. The van der Waals surface area contributed by atoms with Crippen LogP contribution in [0.25, 0.3) is 10.8 Å². The lowest BCUT2D eigenvalue weighted by Gasteiger charge is -2.13. The standard InChI is InChI=1S/C24H21IN2O4/c1-4-10-31-23-20(25)11-16(12-22(23)30-5-2)15-26-27-24(28)19-13-17-8-6-7-9-18(17)14-21(19)29-3/h1,6-9,11-15H,5,10H2,2-3H3,(H,27,28)/b26-15-. The third-order valence-electron chi connectivity index (χ3n) is 4.32. The van der Waals surface area contributed by atoms with E-state index in [0.717, 1.165) is 19.9 Å². The molecule has 158 valence electrons. The number of ether oxygens (including phenoxy) is 3. The normalized spacial score (nSPS) is 10.6. The zero-order valence-corrected chi connectivity index (χ0v) is 19.3. The van der Waals surface area contributed by atoms with E-state index in [1.165, 1.54) is 7.11 Å². The van der Waals surface area contributed by atoms with E-state index in [4.69, 9.17) is 20.6 Å². The Labute approximate surface area is 194 Å². The van der Waals surface area contributed by atoms with Crippen LogP contribution in [0.1, 0.15) is 22.8 Å². The smallest absolute Gasteiger partial charge is 0.275 e. The molecule has 0 saturated heterocycles. The number of nitrogens with one attached hydrogen (secondary N) is 1. The predicted octanol–water partition coefficient (Wildman–Crippen LogP) is 4.63. The Morgan fingerprint density at radius 1 is 1.16 bits per heavy atom. The quantitative estimate of drug-likeness (QED) is 0.201. The summed E-state index contributed by atoms with van der Waals surface area (Å²) < 4.78 is 17.5. The summed E-state index contributed by atoms with van der Waals surface area (Å²) in [5.74, 6) is 3.71. The number of amides is 1. The van der Waals surface area contributed by atoms with Crippen LogP contribution in [-0.2, 0) is 0 Å². The molecule has 0 saturated carbocycles. The van der Waals surface area contributed by atoms with Crippen LogP contribution in [0, 0.1) is 15.9 Å². The molecule has 0 aliphatic carbocycles. The number of hydrogen-bond donors (Lipinski definition) is 1. The zero-order chi connectivity index (χ0) is 22.2. The van der Waals surface area contributed by atoms with E-state index in [9.17, 15) is 4.79 Å². The number of rotatable bonds is 8. The maximum atomic E-state index is 12.7. The minimum Gasteiger partial charge on any atom is -0.496 e. The zero-order valence-electron chi connectivity index (χ0n) is 17.1. The number of carbonyl (C=O) groups is 1. The first kappa shape index (κ1) is 22.4. The van der Waals surface area contributed by atoms with E-state index in [2.05, 4.69) is 39.0 Å². The van der Waals surface area contributed by atoms with Crippen LogP contribution in [-0.4, -0.2) is 32.4 Å². The molecule has 31 heavy (non-hydrogen) atoms. The number of halogens is 1. The highest BCUT2D eigenvalue weighted by Crippen LogP contribution is 2.34. The molecule has 6 nitrogen and oxygen atoms in total. The highest BCUT2D eigenvalue weighted by atomic mass is 127. The molecule has 0 radical (unpaired) electrons. The van der Waals surface area contributed by atoms with Gasteiger partial charge in [-0.1, -0.05) is 30.2 Å². The summed E-state index contributed by atoms with van der Waals surface area (Å²) in [6.07, 6.45) is 6.83. The molecule has 7 heteroatoms. The number of nitrogens with zero attached hydrogens (tertiary/aromatic N) is 1. The summed E-state index contributed by atoms with van der Waals surface area (Å²) in [5.41, 5.74) is 3.70. The van der Waals surface area contributed by atoms with E-state index < -0.39 is 0 Å². The number of hydrazone groups is 1. The van der Waals surface area contributed by atoms with Crippen molar-refractivity contribution in [3.05, 3.63) is 63.2 Å². The Bertz CT molecular complexity index is 1170. The second-order valence-electron chi connectivity index (χ2n) is 6.35. The SMILES string of the molecule is C#CCOc1c(I)cc(/C=N\NC(=O)c2cc3ccccc3cc2OC)cc1OCC. The van der Waals surface area contributed by atoms with E-state index in [0.29, 0.717) is 29.4 Å². The monoisotopic (exact) mass is 528 g/mol. The molecule has 3 aromatic rings. The van der Waals surface area contributed by atoms with Gasteiger partial charge in [0.15, 0.2) is 11.5 Å². The number of benzene rings is 3. The third-order valence-corrected chi connectivity index (χ3v) is 5.12. The van der Waals surface area contributed by atoms with Gasteiger partial charge in [-0.05, 0) is 70.1 Å². The molecular weight excluding hydrogens is 507 g/mol. The van der Waals surface area contributed by atoms with Gasteiger partial charge in [0, 0.05) is 0 Å². The van der Waals surface area contributed by atoms with Crippen LogP contribution in [0.2, 0.25) is 0 Å². The van der Waals surface area contributed by atoms with Crippen molar-refractivity contribution in [1.82, 2.24) is 5.43 Å². The van der Waals surface area contributed by atoms with Gasteiger partial charge in [-0.15, -0.1) is 6.42 Å². The molecular formula is C24H21IN2O4. The van der Waals surface area contributed by atoms with Crippen molar-refractivity contribution < 1.29 is 19.0 Å². The fourth-order valence-electron chi connectivity index (χ4n) is 2.97. The van der Waals surface area contributed by atoms with Crippen molar-refractivity contribution in [1.29, 1.82) is 0 Å². The van der Waals surface area contributed by atoms with Gasteiger partial charge >= 0.3 is 0 Å². The molecule has 0 fully saturated rings. The summed E-state index contributed by atoms with van der Waals surface area (Å²) in [5, 5.41) is 6.03. The molecule has 0 aliphatic heterocycles. The van der Waals surface area contributed by atoms with Gasteiger partial charge in [0.1, 0.15) is 12.4 Å². The molecule has 0 unspecified atom stereocenters. The predicted molar refractivity (Wildman–Crippen MR) is 130 cm³/mol. The average Bonchev–Trinajstić information content (AvgIpc) is 2.77. The van der Waals surface area contributed by atoms with Crippen LogP contribution < -0.4 is 19.6 Å². The number of fused-ring (bicyclic) bond motifs is 1. The minimum absolute atomic E-state index is 0.146. The topological polar surface area (TPSA) is 69.2 Å². The molecule has 3 aromatic carbocycles. The fraction of sp³-hybridized carbons (Fsp3) is 0.167. The summed E-state index contributed by atoms with van der Waals surface area (Å²) in [7, 11) is 1.53. The van der Waals surface area contributed by atoms with Gasteiger partial charge < -0.3 is 14.2 Å². The van der Waals surface area contributed by atoms with Crippen LogP contribution in [0.5, 0.6) is 17.2 Å².